The van der Waals surface area contributed by atoms with Crippen LogP contribution in [0.1, 0.15) is 22.8 Å². The number of esters is 1. The fourth-order valence-corrected chi connectivity index (χ4v) is 3.50. The van der Waals surface area contributed by atoms with Crippen LogP contribution in [0.2, 0.25) is 0 Å². The van der Waals surface area contributed by atoms with Crippen LogP contribution in [0, 0.1) is 13.8 Å². The van der Waals surface area contributed by atoms with Gasteiger partial charge in [0.05, 0.1) is 37.6 Å². The van der Waals surface area contributed by atoms with Gasteiger partial charge in [-0.1, -0.05) is 23.4 Å². The number of aryl methyl sites for hydroxylation is 1. The van der Waals surface area contributed by atoms with E-state index in [-0.39, 0.29) is 18.9 Å². The number of para-hydroxylation sites is 1. The first-order valence-corrected chi connectivity index (χ1v) is 10.3. The first-order chi connectivity index (χ1) is 16.0. The molecule has 0 spiro atoms. The lowest BCUT2D eigenvalue weighted by atomic mass is 10.1. The van der Waals surface area contributed by atoms with E-state index in [1.807, 2.05) is 48.9 Å². The van der Waals surface area contributed by atoms with Gasteiger partial charge in [0, 0.05) is 17.3 Å². The van der Waals surface area contributed by atoms with Crippen molar-refractivity contribution in [1.82, 2.24) is 19.9 Å². The average Bonchev–Trinajstić information content (AvgIpc) is 3.43. The first-order valence-electron chi connectivity index (χ1n) is 10.3. The Bertz CT molecular complexity index is 1260. The van der Waals surface area contributed by atoms with Crippen LogP contribution in [0.5, 0.6) is 11.5 Å². The zero-order valence-corrected chi connectivity index (χ0v) is 18.9. The highest BCUT2D eigenvalue weighted by molar-refractivity contribution is 5.73. The lowest BCUT2D eigenvalue weighted by molar-refractivity contribution is -0.144. The molecule has 2 aromatic heterocycles. The molecule has 9 nitrogen and oxygen atoms in total. The molecule has 0 N–H and O–H groups in total. The molecule has 0 amide bonds. The first kappa shape index (κ1) is 22.1. The molecular weight excluding hydrogens is 424 g/mol. The topological polar surface area (TPSA) is 102 Å². The third-order valence-corrected chi connectivity index (χ3v) is 5.24. The van der Waals surface area contributed by atoms with Crippen molar-refractivity contribution in [2.75, 3.05) is 14.2 Å². The van der Waals surface area contributed by atoms with Gasteiger partial charge in [-0.2, -0.15) is 10.1 Å². The summed E-state index contributed by atoms with van der Waals surface area (Å²) in [6.45, 7) is 3.68. The molecule has 4 rings (SSSR count). The average molecular weight is 448 g/mol. The summed E-state index contributed by atoms with van der Waals surface area (Å²) in [6, 6.07) is 15.0. The van der Waals surface area contributed by atoms with Gasteiger partial charge in [-0.25, -0.2) is 4.68 Å². The maximum atomic E-state index is 12.5. The van der Waals surface area contributed by atoms with Crippen LogP contribution in [0.15, 0.2) is 53.1 Å². The number of carbonyl (C=O) groups excluding carboxylic acids is 1. The number of methoxy groups -OCH3 is 2. The van der Waals surface area contributed by atoms with Gasteiger partial charge in [-0.3, -0.25) is 4.79 Å². The highest BCUT2D eigenvalue weighted by atomic mass is 16.6. The van der Waals surface area contributed by atoms with Gasteiger partial charge in [-0.15, -0.1) is 0 Å². The van der Waals surface area contributed by atoms with E-state index in [4.69, 9.17) is 18.7 Å². The van der Waals surface area contributed by atoms with E-state index >= 15 is 0 Å². The van der Waals surface area contributed by atoms with Crippen molar-refractivity contribution in [3.8, 4) is 28.6 Å². The second kappa shape index (κ2) is 9.56. The van der Waals surface area contributed by atoms with Crippen molar-refractivity contribution in [2.24, 2.45) is 0 Å². The van der Waals surface area contributed by atoms with E-state index in [0.717, 1.165) is 22.6 Å². The fourth-order valence-electron chi connectivity index (χ4n) is 3.50. The van der Waals surface area contributed by atoms with Crippen LogP contribution < -0.4 is 9.47 Å². The number of aromatic nitrogens is 4. The lowest BCUT2D eigenvalue weighted by Gasteiger charge is -2.07. The molecule has 0 atom stereocenters. The van der Waals surface area contributed by atoms with Crippen molar-refractivity contribution >= 4 is 5.97 Å². The van der Waals surface area contributed by atoms with Crippen LogP contribution >= 0.6 is 0 Å². The predicted molar refractivity (Wildman–Crippen MR) is 119 cm³/mol. The third-order valence-electron chi connectivity index (χ3n) is 5.24. The number of benzene rings is 2. The summed E-state index contributed by atoms with van der Waals surface area (Å²) in [5.41, 5.74) is 4.07. The quantitative estimate of drug-likeness (QED) is 0.375. The molecule has 0 bridgehead atoms. The van der Waals surface area contributed by atoms with E-state index in [0.29, 0.717) is 22.9 Å². The molecule has 0 radical (unpaired) electrons. The number of hydrogen-bond donors (Lipinski definition) is 0. The summed E-state index contributed by atoms with van der Waals surface area (Å²) in [7, 11) is 3.12. The monoisotopic (exact) mass is 448 g/mol. The molecule has 170 valence electrons. The molecule has 0 fully saturated rings. The van der Waals surface area contributed by atoms with E-state index in [1.165, 1.54) is 0 Å². The zero-order chi connectivity index (χ0) is 23.4. The number of carbonyl (C=O) groups is 1. The Morgan fingerprint density at radius 1 is 1.06 bits per heavy atom. The second-order valence-electron chi connectivity index (χ2n) is 7.31. The second-order valence-corrected chi connectivity index (χ2v) is 7.31. The predicted octanol–water partition coefficient (Wildman–Crippen LogP) is 3.84. The van der Waals surface area contributed by atoms with Gasteiger partial charge in [0.15, 0.2) is 6.61 Å². The van der Waals surface area contributed by atoms with E-state index in [1.54, 1.807) is 32.4 Å². The number of nitrogens with zero attached hydrogens (tertiary/aromatic N) is 4. The summed E-state index contributed by atoms with van der Waals surface area (Å²) in [6.07, 6.45) is 0.0950. The molecule has 0 aliphatic rings. The Hall–Kier alpha value is -4.14. The summed E-state index contributed by atoms with van der Waals surface area (Å²) in [5.74, 6) is 1.30. The van der Waals surface area contributed by atoms with Gasteiger partial charge in [0.25, 0.3) is 5.89 Å². The zero-order valence-electron chi connectivity index (χ0n) is 18.9. The molecule has 0 aliphatic heterocycles. The number of hydrogen-bond acceptors (Lipinski definition) is 8. The smallest absolute Gasteiger partial charge is 0.310 e. The molecule has 9 heteroatoms. The molecular formula is C24H24N4O5. The van der Waals surface area contributed by atoms with Crippen LogP contribution in [-0.4, -0.2) is 40.1 Å². The van der Waals surface area contributed by atoms with Crippen LogP contribution in [0.4, 0.5) is 0 Å². The molecule has 0 aliphatic carbocycles. The van der Waals surface area contributed by atoms with Gasteiger partial charge < -0.3 is 18.7 Å². The molecule has 0 saturated carbocycles. The molecule has 4 aromatic rings. The summed E-state index contributed by atoms with van der Waals surface area (Å²) in [4.78, 5) is 16.8. The van der Waals surface area contributed by atoms with Gasteiger partial charge in [0.2, 0.25) is 5.82 Å². The SMILES string of the molecule is COc1ccc(-c2noc(COC(=O)Cc3c(C)nn(-c4ccccc4)c3C)n2)c(OC)c1. The number of ether oxygens (including phenoxy) is 3. The Morgan fingerprint density at radius 3 is 2.58 bits per heavy atom. The number of rotatable bonds is 8. The molecule has 2 aromatic carbocycles. The van der Waals surface area contributed by atoms with Crippen LogP contribution in [0.3, 0.4) is 0 Å². The maximum absolute atomic E-state index is 12.5. The normalized spacial score (nSPS) is 10.8. The van der Waals surface area contributed by atoms with E-state index < -0.39 is 5.97 Å². The largest absolute Gasteiger partial charge is 0.497 e. The minimum Gasteiger partial charge on any atom is -0.497 e. The Kier molecular flexibility index (Phi) is 6.39. The van der Waals surface area contributed by atoms with Gasteiger partial charge in [0.1, 0.15) is 11.5 Å². The Balaban J connectivity index is 1.42. The summed E-state index contributed by atoms with van der Waals surface area (Å²) < 4.78 is 23.0. The Morgan fingerprint density at radius 2 is 1.85 bits per heavy atom. The van der Waals surface area contributed by atoms with Crippen molar-refractivity contribution < 1.29 is 23.5 Å². The molecule has 2 heterocycles. The highest BCUT2D eigenvalue weighted by Gasteiger charge is 2.19. The van der Waals surface area contributed by atoms with E-state index in [2.05, 4.69) is 15.2 Å². The Labute approximate surface area is 190 Å². The highest BCUT2D eigenvalue weighted by Crippen LogP contribution is 2.31. The minimum absolute atomic E-state index is 0.0950. The fraction of sp³-hybridized carbons (Fsp3) is 0.250. The van der Waals surface area contributed by atoms with Crippen LogP contribution in [-0.2, 0) is 22.6 Å². The van der Waals surface area contributed by atoms with E-state index in [9.17, 15) is 4.79 Å². The molecule has 0 unspecified atom stereocenters. The lowest BCUT2D eigenvalue weighted by Crippen LogP contribution is -2.09. The van der Waals surface area contributed by atoms with Crippen molar-refractivity contribution in [3.05, 3.63) is 71.4 Å². The minimum atomic E-state index is -0.407. The molecule has 0 saturated heterocycles. The maximum Gasteiger partial charge on any atom is 0.310 e. The van der Waals surface area contributed by atoms with Gasteiger partial charge >= 0.3 is 5.97 Å². The van der Waals surface area contributed by atoms with Crippen molar-refractivity contribution in [3.63, 3.8) is 0 Å². The standard InChI is InChI=1S/C24H24N4O5/c1-15-20(16(2)28(26-15)17-8-6-5-7-9-17)13-23(29)32-14-22-25-24(27-33-22)19-11-10-18(30-3)12-21(19)31-4/h5-12H,13-14H2,1-4H3. The molecule has 33 heavy (non-hydrogen) atoms. The summed E-state index contributed by atoms with van der Waals surface area (Å²) in [5, 5.41) is 8.53. The third kappa shape index (κ3) is 4.72. The van der Waals surface area contributed by atoms with Crippen molar-refractivity contribution in [1.29, 1.82) is 0 Å². The van der Waals surface area contributed by atoms with Crippen molar-refractivity contribution in [2.45, 2.75) is 26.9 Å². The van der Waals surface area contributed by atoms with Gasteiger partial charge in [-0.05, 0) is 38.1 Å². The van der Waals surface area contributed by atoms with Crippen LogP contribution in [0.25, 0.3) is 17.1 Å². The summed E-state index contributed by atoms with van der Waals surface area (Å²) >= 11 is 0.